The van der Waals surface area contributed by atoms with E-state index in [4.69, 9.17) is 10.7 Å². The van der Waals surface area contributed by atoms with Crippen LogP contribution in [-0.2, 0) is 13.5 Å². The number of anilines is 2. The van der Waals surface area contributed by atoms with E-state index in [1.54, 1.807) is 17.2 Å². The summed E-state index contributed by atoms with van der Waals surface area (Å²) < 4.78 is 5.77. The van der Waals surface area contributed by atoms with E-state index in [1.807, 2.05) is 71.3 Å². The number of nitrogens with one attached hydrogen (secondary N) is 1. The standard InChI is InChI=1S/C21H21N9/c1-28-12-15(10-25-28)19-11-24-21-20(27-17(6-7-22)13-30(19)21)26-16-2-4-18(5-3-16)29-9-8-23-14-29/h2-5,8-14H,6-7,22H2,1H3,(H,26,27). The molecule has 0 aliphatic carbocycles. The number of imidazole rings is 2. The maximum Gasteiger partial charge on any atom is 0.180 e. The first kappa shape index (κ1) is 18.1. The Kier molecular flexibility index (Phi) is 4.49. The third kappa shape index (κ3) is 3.31. The Bertz CT molecular complexity index is 1280. The Labute approximate surface area is 172 Å². The molecular weight excluding hydrogens is 378 g/mol. The van der Waals surface area contributed by atoms with Crippen molar-refractivity contribution in [3.05, 3.63) is 73.5 Å². The molecule has 0 bridgehead atoms. The number of benzene rings is 1. The van der Waals surface area contributed by atoms with Crippen molar-refractivity contribution in [1.82, 2.24) is 33.7 Å². The van der Waals surface area contributed by atoms with Gasteiger partial charge in [-0.1, -0.05) is 0 Å². The van der Waals surface area contributed by atoms with Crippen molar-refractivity contribution in [2.45, 2.75) is 6.42 Å². The minimum absolute atomic E-state index is 0.522. The van der Waals surface area contributed by atoms with Crippen LogP contribution >= 0.6 is 0 Å². The van der Waals surface area contributed by atoms with Gasteiger partial charge in [0.2, 0.25) is 0 Å². The zero-order valence-corrected chi connectivity index (χ0v) is 16.5. The minimum atomic E-state index is 0.522. The average Bonchev–Trinajstić information content (AvgIpc) is 3.49. The fourth-order valence-electron chi connectivity index (χ4n) is 3.42. The third-order valence-electron chi connectivity index (χ3n) is 4.88. The van der Waals surface area contributed by atoms with E-state index >= 15 is 0 Å². The number of rotatable bonds is 6. The molecule has 0 fully saturated rings. The molecule has 9 heteroatoms. The van der Waals surface area contributed by atoms with Crippen LogP contribution in [0.5, 0.6) is 0 Å². The van der Waals surface area contributed by atoms with Gasteiger partial charge in [0.25, 0.3) is 0 Å². The molecule has 9 nitrogen and oxygen atoms in total. The van der Waals surface area contributed by atoms with Crippen LogP contribution in [-0.4, -0.2) is 40.2 Å². The van der Waals surface area contributed by atoms with Gasteiger partial charge in [0, 0.05) is 55.2 Å². The van der Waals surface area contributed by atoms with E-state index in [2.05, 4.69) is 20.4 Å². The predicted octanol–water partition coefficient (Wildman–Crippen LogP) is 2.56. The summed E-state index contributed by atoms with van der Waals surface area (Å²) in [6, 6.07) is 8.07. The van der Waals surface area contributed by atoms with Crippen LogP contribution in [0.2, 0.25) is 0 Å². The van der Waals surface area contributed by atoms with Crippen LogP contribution in [0.1, 0.15) is 5.69 Å². The van der Waals surface area contributed by atoms with Crippen molar-refractivity contribution in [3.8, 4) is 16.9 Å². The Morgan fingerprint density at radius 3 is 2.67 bits per heavy atom. The van der Waals surface area contributed by atoms with Crippen molar-refractivity contribution in [1.29, 1.82) is 0 Å². The van der Waals surface area contributed by atoms with Crippen molar-refractivity contribution in [2.24, 2.45) is 12.8 Å². The maximum absolute atomic E-state index is 5.79. The monoisotopic (exact) mass is 399 g/mol. The second kappa shape index (κ2) is 7.45. The molecular formula is C21H21N9. The van der Waals surface area contributed by atoms with Crippen LogP contribution in [0.25, 0.3) is 22.6 Å². The van der Waals surface area contributed by atoms with Crippen LogP contribution in [0.4, 0.5) is 11.5 Å². The lowest BCUT2D eigenvalue weighted by atomic mass is 10.2. The van der Waals surface area contributed by atoms with Gasteiger partial charge in [0.15, 0.2) is 11.5 Å². The van der Waals surface area contributed by atoms with Crippen molar-refractivity contribution < 1.29 is 0 Å². The van der Waals surface area contributed by atoms with Crippen molar-refractivity contribution in [3.63, 3.8) is 0 Å². The number of hydrogen-bond acceptors (Lipinski definition) is 6. The van der Waals surface area contributed by atoms with E-state index in [0.717, 1.165) is 34.0 Å². The molecule has 4 aromatic heterocycles. The molecule has 4 heterocycles. The SMILES string of the molecule is Cn1cc(-c2cnc3c(Nc4ccc(-n5ccnc5)cc4)nc(CCN)cn23)cn1. The van der Waals surface area contributed by atoms with E-state index in [1.165, 1.54) is 0 Å². The summed E-state index contributed by atoms with van der Waals surface area (Å²) >= 11 is 0. The van der Waals surface area contributed by atoms with Gasteiger partial charge in [0.1, 0.15) is 0 Å². The van der Waals surface area contributed by atoms with Gasteiger partial charge in [-0.2, -0.15) is 5.10 Å². The van der Waals surface area contributed by atoms with Gasteiger partial charge in [-0.25, -0.2) is 15.0 Å². The molecule has 30 heavy (non-hydrogen) atoms. The first-order chi connectivity index (χ1) is 14.7. The number of nitrogens with zero attached hydrogens (tertiary/aromatic N) is 7. The Balaban J connectivity index is 1.54. The molecule has 0 unspecified atom stereocenters. The third-order valence-corrected chi connectivity index (χ3v) is 4.88. The van der Waals surface area contributed by atoms with E-state index in [9.17, 15) is 0 Å². The lowest BCUT2D eigenvalue weighted by Crippen LogP contribution is -2.08. The summed E-state index contributed by atoms with van der Waals surface area (Å²) in [5.74, 6) is 0.687. The highest BCUT2D eigenvalue weighted by atomic mass is 15.2. The number of aromatic nitrogens is 7. The molecule has 1 aromatic carbocycles. The van der Waals surface area contributed by atoms with E-state index in [-0.39, 0.29) is 0 Å². The number of hydrogen-bond donors (Lipinski definition) is 2. The molecule has 0 radical (unpaired) electrons. The van der Waals surface area contributed by atoms with Gasteiger partial charge >= 0.3 is 0 Å². The summed E-state index contributed by atoms with van der Waals surface area (Å²) in [5, 5.41) is 7.68. The van der Waals surface area contributed by atoms with E-state index in [0.29, 0.717) is 18.8 Å². The average molecular weight is 399 g/mol. The highest BCUT2D eigenvalue weighted by Crippen LogP contribution is 2.26. The summed E-state index contributed by atoms with van der Waals surface area (Å²) in [6.07, 6.45) is 13.7. The van der Waals surface area contributed by atoms with Gasteiger partial charge in [-0.05, 0) is 30.8 Å². The molecule has 3 N–H and O–H groups in total. The molecule has 0 aliphatic heterocycles. The first-order valence-electron chi connectivity index (χ1n) is 9.63. The Morgan fingerprint density at radius 2 is 1.97 bits per heavy atom. The smallest absolute Gasteiger partial charge is 0.180 e. The topological polar surface area (TPSA) is 104 Å². The maximum atomic E-state index is 5.79. The lowest BCUT2D eigenvalue weighted by molar-refractivity contribution is 0.768. The molecule has 150 valence electrons. The zero-order valence-electron chi connectivity index (χ0n) is 16.5. The lowest BCUT2D eigenvalue weighted by Gasteiger charge is -2.11. The quantitative estimate of drug-likeness (QED) is 0.455. The highest BCUT2D eigenvalue weighted by molar-refractivity contribution is 5.74. The largest absolute Gasteiger partial charge is 0.337 e. The zero-order chi connectivity index (χ0) is 20.5. The number of fused-ring (bicyclic) bond motifs is 1. The predicted molar refractivity (Wildman–Crippen MR) is 115 cm³/mol. The summed E-state index contributed by atoms with van der Waals surface area (Å²) in [5.41, 5.74) is 11.3. The van der Waals surface area contributed by atoms with Crippen LogP contribution < -0.4 is 11.1 Å². The Morgan fingerprint density at radius 1 is 1.10 bits per heavy atom. The minimum Gasteiger partial charge on any atom is -0.337 e. The normalized spacial score (nSPS) is 11.3. The molecule has 0 atom stereocenters. The van der Waals surface area contributed by atoms with Crippen LogP contribution in [0.3, 0.4) is 0 Å². The number of nitrogens with two attached hydrogens (primary N) is 1. The van der Waals surface area contributed by atoms with Crippen molar-refractivity contribution in [2.75, 3.05) is 11.9 Å². The second-order valence-corrected chi connectivity index (χ2v) is 7.00. The van der Waals surface area contributed by atoms with Crippen LogP contribution in [0, 0.1) is 0 Å². The Hall–Kier alpha value is -3.98. The molecule has 0 aliphatic rings. The number of aryl methyl sites for hydroxylation is 1. The summed E-state index contributed by atoms with van der Waals surface area (Å²) in [7, 11) is 1.90. The molecule has 5 rings (SSSR count). The fraction of sp³-hybridized carbons (Fsp3) is 0.143. The molecule has 0 saturated heterocycles. The first-order valence-corrected chi connectivity index (χ1v) is 9.63. The molecule has 0 spiro atoms. The summed E-state index contributed by atoms with van der Waals surface area (Å²) in [4.78, 5) is 13.5. The molecule has 0 saturated carbocycles. The van der Waals surface area contributed by atoms with Crippen molar-refractivity contribution >= 4 is 17.2 Å². The highest BCUT2D eigenvalue weighted by Gasteiger charge is 2.14. The van der Waals surface area contributed by atoms with Crippen LogP contribution in [0.15, 0.2) is 67.8 Å². The van der Waals surface area contributed by atoms with Gasteiger partial charge < -0.3 is 15.6 Å². The van der Waals surface area contributed by atoms with E-state index < -0.39 is 0 Å². The van der Waals surface area contributed by atoms with Gasteiger partial charge in [0.05, 0.1) is 30.1 Å². The van der Waals surface area contributed by atoms with Gasteiger partial charge in [-0.3, -0.25) is 9.08 Å². The fourth-order valence-corrected chi connectivity index (χ4v) is 3.42. The molecule has 0 amide bonds. The molecule has 5 aromatic rings. The van der Waals surface area contributed by atoms with Gasteiger partial charge in [-0.15, -0.1) is 0 Å². The second-order valence-electron chi connectivity index (χ2n) is 7.00. The summed E-state index contributed by atoms with van der Waals surface area (Å²) in [6.45, 7) is 0.522.